The standard InChI is InChI=1S/C26H48O11/c1-4-5-6-7-25(27)36-22-20-34-18-16-32-14-12-30-10-8-29-9-11-31-13-15-33-17-19-35-21-23-37-26(28)24(2)3/h2,4-23H2,1,3H3. The summed E-state index contributed by atoms with van der Waals surface area (Å²) >= 11 is 0. The predicted molar refractivity (Wildman–Crippen MR) is 137 cm³/mol. The average molecular weight is 537 g/mol. The molecule has 0 amide bonds. The van der Waals surface area contributed by atoms with E-state index in [1.165, 1.54) is 0 Å². The Morgan fingerprint density at radius 2 is 0.838 bits per heavy atom. The second-order valence-corrected chi connectivity index (χ2v) is 7.88. The van der Waals surface area contributed by atoms with E-state index in [2.05, 4.69) is 13.5 Å². The Balaban J connectivity index is 3.11. The van der Waals surface area contributed by atoms with Crippen molar-refractivity contribution in [2.75, 3.05) is 106 Å². The molecule has 0 atom stereocenters. The van der Waals surface area contributed by atoms with Gasteiger partial charge in [0.2, 0.25) is 0 Å². The van der Waals surface area contributed by atoms with Crippen LogP contribution in [0.15, 0.2) is 12.2 Å². The van der Waals surface area contributed by atoms with E-state index in [0.29, 0.717) is 104 Å². The highest BCUT2D eigenvalue weighted by Crippen LogP contribution is 2.00. The highest BCUT2D eigenvalue weighted by atomic mass is 16.6. The minimum Gasteiger partial charge on any atom is -0.463 e. The van der Waals surface area contributed by atoms with Gasteiger partial charge in [-0.05, 0) is 13.3 Å². The largest absolute Gasteiger partial charge is 0.463 e. The first kappa shape index (κ1) is 35.4. The van der Waals surface area contributed by atoms with Crippen LogP contribution in [0, 0.1) is 0 Å². The summed E-state index contributed by atoms with van der Waals surface area (Å²) in [4.78, 5) is 22.6. The lowest BCUT2D eigenvalue weighted by atomic mass is 10.2. The molecule has 0 fully saturated rings. The topological polar surface area (TPSA) is 117 Å². The summed E-state index contributed by atoms with van der Waals surface area (Å²) in [5, 5.41) is 0. The highest BCUT2D eigenvalue weighted by Gasteiger charge is 2.03. The van der Waals surface area contributed by atoms with Gasteiger partial charge in [-0.1, -0.05) is 26.3 Å². The maximum Gasteiger partial charge on any atom is 0.333 e. The second kappa shape index (κ2) is 29.0. The van der Waals surface area contributed by atoms with Crippen LogP contribution in [0.25, 0.3) is 0 Å². The highest BCUT2D eigenvalue weighted by molar-refractivity contribution is 5.86. The summed E-state index contributed by atoms with van der Waals surface area (Å²) in [5.74, 6) is -0.577. The lowest BCUT2D eigenvalue weighted by Crippen LogP contribution is -2.15. The zero-order valence-electron chi connectivity index (χ0n) is 22.8. The van der Waals surface area contributed by atoms with Crippen LogP contribution in [0.1, 0.15) is 39.5 Å². The van der Waals surface area contributed by atoms with E-state index in [0.717, 1.165) is 19.3 Å². The minimum atomic E-state index is -0.414. The summed E-state index contributed by atoms with van der Waals surface area (Å²) in [5.41, 5.74) is 0.369. The van der Waals surface area contributed by atoms with Gasteiger partial charge in [0.1, 0.15) is 13.2 Å². The van der Waals surface area contributed by atoms with Gasteiger partial charge in [-0.15, -0.1) is 0 Å². The Hall–Kier alpha value is -1.60. The molecule has 0 bridgehead atoms. The summed E-state index contributed by atoms with van der Waals surface area (Å²) < 4.78 is 47.7. The molecule has 11 nitrogen and oxygen atoms in total. The third-order valence-electron chi connectivity index (χ3n) is 4.52. The molecule has 0 N–H and O–H groups in total. The Morgan fingerprint density at radius 1 is 0.514 bits per heavy atom. The third-order valence-corrected chi connectivity index (χ3v) is 4.52. The molecule has 0 radical (unpaired) electrons. The maximum absolute atomic E-state index is 11.4. The van der Waals surface area contributed by atoms with Crippen molar-refractivity contribution in [1.82, 2.24) is 0 Å². The molecular formula is C26H48O11. The molecule has 0 aromatic heterocycles. The number of carbonyl (C=O) groups excluding carboxylic acids is 2. The number of hydrogen-bond donors (Lipinski definition) is 0. The second-order valence-electron chi connectivity index (χ2n) is 7.88. The Kier molecular flexibility index (Phi) is 27.7. The van der Waals surface area contributed by atoms with Crippen molar-refractivity contribution in [2.45, 2.75) is 39.5 Å². The van der Waals surface area contributed by atoms with Crippen molar-refractivity contribution in [3.63, 3.8) is 0 Å². The molecule has 0 aromatic rings. The third kappa shape index (κ3) is 28.8. The smallest absolute Gasteiger partial charge is 0.333 e. The molecule has 37 heavy (non-hydrogen) atoms. The lowest BCUT2D eigenvalue weighted by Gasteiger charge is -2.09. The van der Waals surface area contributed by atoms with E-state index in [9.17, 15) is 9.59 Å². The molecule has 0 aliphatic carbocycles. The van der Waals surface area contributed by atoms with Gasteiger partial charge in [0.05, 0.1) is 92.5 Å². The normalized spacial score (nSPS) is 11.0. The van der Waals surface area contributed by atoms with Gasteiger partial charge >= 0.3 is 11.9 Å². The quantitative estimate of drug-likeness (QED) is 0.0796. The number of unbranched alkanes of at least 4 members (excludes halogenated alkanes) is 2. The molecule has 0 aromatic carbocycles. The van der Waals surface area contributed by atoms with Crippen LogP contribution in [0.4, 0.5) is 0 Å². The monoisotopic (exact) mass is 536 g/mol. The van der Waals surface area contributed by atoms with Crippen LogP contribution in [0.2, 0.25) is 0 Å². The number of ether oxygens (including phenoxy) is 9. The van der Waals surface area contributed by atoms with Crippen LogP contribution < -0.4 is 0 Å². The molecule has 218 valence electrons. The fourth-order valence-corrected chi connectivity index (χ4v) is 2.54. The first-order valence-electron chi connectivity index (χ1n) is 13.1. The van der Waals surface area contributed by atoms with Gasteiger partial charge < -0.3 is 42.6 Å². The van der Waals surface area contributed by atoms with Gasteiger partial charge in [0, 0.05) is 12.0 Å². The SMILES string of the molecule is C=C(C)C(=O)OCCOCCOCCOCCOCCOCCOCCOCCOC(=O)CCCCC. The summed E-state index contributed by atoms with van der Waals surface area (Å²) in [7, 11) is 0. The van der Waals surface area contributed by atoms with Gasteiger partial charge in [-0.2, -0.15) is 0 Å². The predicted octanol–water partition coefficient (Wildman–Crippen LogP) is 2.35. The van der Waals surface area contributed by atoms with Crippen LogP contribution in [-0.2, 0) is 52.2 Å². The first-order chi connectivity index (χ1) is 18.1. The van der Waals surface area contributed by atoms with E-state index >= 15 is 0 Å². The first-order valence-corrected chi connectivity index (χ1v) is 13.1. The zero-order valence-corrected chi connectivity index (χ0v) is 22.8. The van der Waals surface area contributed by atoms with E-state index < -0.39 is 5.97 Å². The number of carbonyl (C=O) groups is 2. The average Bonchev–Trinajstić information content (AvgIpc) is 2.88. The zero-order chi connectivity index (χ0) is 27.2. The fourth-order valence-electron chi connectivity index (χ4n) is 2.54. The van der Waals surface area contributed by atoms with E-state index in [1.807, 2.05) is 0 Å². The van der Waals surface area contributed by atoms with Gasteiger partial charge in [0.15, 0.2) is 0 Å². The van der Waals surface area contributed by atoms with Crippen LogP contribution in [0.3, 0.4) is 0 Å². The maximum atomic E-state index is 11.4. The lowest BCUT2D eigenvalue weighted by molar-refractivity contribution is -0.145. The van der Waals surface area contributed by atoms with Gasteiger partial charge in [-0.25, -0.2) is 4.79 Å². The minimum absolute atomic E-state index is 0.163. The molecule has 0 spiro atoms. The van der Waals surface area contributed by atoms with Crippen molar-refractivity contribution >= 4 is 11.9 Å². The van der Waals surface area contributed by atoms with Crippen LogP contribution in [-0.4, -0.2) is 118 Å². The number of esters is 2. The number of rotatable bonds is 29. The van der Waals surface area contributed by atoms with Crippen molar-refractivity contribution in [1.29, 1.82) is 0 Å². The van der Waals surface area contributed by atoms with E-state index in [4.69, 9.17) is 42.6 Å². The summed E-state index contributed by atoms with van der Waals surface area (Å²) in [6, 6.07) is 0. The molecule has 11 heteroatoms. The van der Waals surface area contributed by atoms with Crippen molar-refractivity contribution in [3.05, 3.63) is 12.2 Å². The molecule has 0 unspecified atom stereocenters. The van der Waals surface area contributed by atoms with E-state index in [1.54, 1.807) is 6.92 Å². The molecule has 0 rings (SSSR count). The van der Waals surface area contributed by atoms with Crippen LogP contribution in [0.5, 0.6) is 0 Å². The van der Waals surface area contributed by atoms with Crippen LogP contribution >= 0.6 is 0 Å². The molecule has 0 heterocycles. The molecule has 0 aliphatic heterocycles. The summed E-state index contributed by atoms with van der Waals surface area (Å²) in [6.07, 6.45) is 3.49. The Morgan fingerprint density at radius 3 is 1.16 bits per heavy atom. The fraction of sp³-hybridized carbons (Fsp3) is 0.846. The van der Waals surface area contributed by atoms with Crippen molar-refractivity contribution in [3.8, 4) is 0 Å². The molecule has 0 saturated carbocycles. The Labute approximate surface area is 222 Å². The number of hydrogen-bond acceptors (Lipinski definition) is 11. The molecule has 0 saturated heterocycles. The summed E-state index contributed by atoms with van der Waals surface area (Å²) in [6.45, 7) is 14.0. The Bertz CT molecular complexity index is 543. The van der Waals surface area contributed by atoms with Gasteiger partial charge in [-0.3, -0.25) is 4.79 Å². The molecule has 0 aliphatic rings. The van der Waals surface area contributed by atoms with Crippen molar-refractivity contribution < 1.29 is 52.2 Å². The van der Waals surface area contributed by atoms with Crippen molar-refractivity contribution in [2.24, 2.45) is 0 Å². The van der Waals surface area contributed by atoms with Gasteiger partial charge in [0.25, 0.3) is 0 Å². The molecular weight excluding hydrogens is 488 g/mol. The van der Waals surface area contributed by atoms with E-state index in [-0.39, 0.29) is 19.2 Å².